The molecule has 0 saturated heterocycles. The lowest BCUT2D eigenvalue weighted by Crippen LogP contribution is -2.44. The zero-order valence-electron chi connectivity index (χ0n) is 18.8. The summed E-state index contributed by atoms with van der Waals surface area (Å²) in [5.41, 5.74) is 3.65. The summed E-state index contributed by atoms with van der Waals surface area (Å²) in [7, 11) is -3.94. The second-order valence-electron chi connectivity index (χ2n) is 8.39. The van der Waals surface area contributed by atoms with Gasteiger partial charge in [-0.1, -0.05) is 90.5 Å². The fourth-order valence-electron chi connectivity index (χ4n) is 4.34. The van der Waals surface area contributed by atoms with Crippen molar-refractivity contribution in [1.82, 2.24) is 4.90 Å². The van der Waals surface area contributed by atoms with Gasteiger partial charge in [0.15, 0.2) is 0 Å². The Morgan fingerprint density at radius 3 is 1.94 bits per heavy atom. The Morgan fingerprint density at radius 1 is 0.743 bits per heavy atom. The summed E-state index contributed by atoms with van der Waals surface area (Å²) in [6.45, 7) is 0.421. The number of benzene rings is 4. The molecule has 176 valence electrons. The molecule has 35 heavy (non-hydrogen) atoms. The van der Waals surface area contributed by atoms with Crippen molar-refractivity contribution in [1.29, 1.82) is 0 Å². The van der Waals surface area contributed by atoms with Crippen LogP contribution in [0.4, 0.5) is 5.69 Å². The molecule has 1 amide bonds. The molecule has 0 aromatic heterocycles. The third-order valence-corrected chi connectivity index (χ3v) is 8.09. The SMILES string of the molecule is O=C(CN1c2ccc(Cl)cc2-c2ccccc2S1(=O)=O)N(Cc1ccccc1)Cc1ccccc1. The van der Waals surface area contributed by atoms with Crippen LogP contribution in [-0.2, 0) is 27.9 Å². The second-order valence-corrected chi connectivity index (χ2v) is 10.7. The average molecular weight is 503 g/mol. The smallest absolute Gasteiger partial charge is 0.265 e. The number of sulfonamides is 1. The maximum atomic E-state index is 13.7. The van der Waals surface area contributed by atoms with Crippen molar-refractivity contribution >= 4 is 33.2 Å². The summed E-state index contributed by atoms with van der Waals surface area (Å²) in [5.74, 6) is -0.290. The van der Waals surface area contributed by atoms with E-state index in [1.54, 1.807) is 47.4 Å². The highest BCUT2D eigenvalue weighted by atomic mass is 35.5. The molecule has 1 aliphatic heterocycles. The summed E-state index contributed by atoms with van der Waals surface area (Å²) in [4.78, 5) is 15.5. The van der Waals surface area contributed by atoms with Crippen LogP contribution < -0.4 is 4.31 Å². The van der Waals surface area contributed by atoms with Crippen LogP contribution in [-0.4, -0.2) is 25.8 Å². The summed E-state index contributed by atoms with van der Waals surface area (Å²) in [6, 6.07) is 31.2. The molecular weight excluding hydrogens is 480 g/mol. The van der Waals surface area contributed by atoms with E-state index in [9.17, 15) is 13.2 Å². The monoisotopic (exact) mass is 502 g/mol. The van der Waals surface area contributed by atoms with E-state index in [-0.39, 0.29) is 17.3 Å². The van der Waals surface area contributed by atoms with Gasteiger partial charge in [-0.25, -0.2) is 8.42 Å². The first kappa shape index (κ1) is 23.1. The van der Waals surface area contributed by atoms with Gasteiger partial charge in [0.1, 0.15) is 6.54 Å². The molecule has 0 unspecified atom stereocenters. The van der Waals surface area contributed by atoms with Crippen molar-refractivity contribution in [2.75, 3.05) is 10.8 Å². The van der Waals surface area contributed by atoms with Gasteiger partial charge in [0.05, 0.1) is 10.6 Å². The Labute approximate surface area is 210 Å². The first-order chi connectivity index (χ1) is 16.9. The topological polar surface area (TPSA) is 57.7 Å². The highest BCUT2D eigenvalue weighted by Gasteiger charge is 2.36. The lowest BCUT2D eigenvalue weighted by Gasteiger charge is -2.33. The first-order valence-electron chi connectivity index (χ1n) is 11.2. The second kappa shape index (κ2) is 9.56. The summed E-state index contributed by atoms with van der Waals surface area (Å²) in [5, 5.41) is 0.499. The van der Waals surface area contributed by atoms with E-state index in [0.29, 0.717) is 34.9 Å². The van der Waals surface area contributed by atoms with Gasteiger partial charge in [-0.2, -0.15) is 0 Å². The van der Waals surface area contributed by atoms with Gasteiger partial charge < -0.3 is 4.90 Å². The van der Waals surface area contributed by atoms with E-state index in [4.69, 9.17) is 11.6 Å². The number of anilines is 1. The fourth-order valence-corrected chi connectivity index (χ4v) is 6.15. The van der Waals surface area contributed by atoms with E-state index < -0.39 is 10.0 Å². The van der Waals surface area contributed by atoms with E-state index in [2.05, 4.69) is 0 Å². The molecule has 0 fully saturated rings. The lowest BCUT2D eigenvalue weighted by atomic mass is 10.0. The highest BCUT2D eigenvalue weighted by Crippen LogP contribution is 2.43. The third-order valence-electron chi connectivity index (χ3n) is 6.04. The van der Waals surface area contributed by atoms with Crippen LogP contribution in [0.5, 0.6) is 0 Å². The van der Waals surface area contributed by atoms with Gasteiger partial charge in [-0.15, -0.1) is 0 Å². The van der Waals surface area contributed by atoms with Crippen LogP contribution in [0.2, 0.25) is 5.02 Å². The van der Waals surface area contributed by atoms with E-state index in [1.807, 2.05) is 60.7 Å². The quantitative estimate of drug-likeness (QED) is 0.337. The number of carbonyl (C=O) groups is 1. The molecular formula is C28H23ClN2O3S. The van der Waals surface area contributed by atoms with Gasteiger partial charge in [0, 0.05) is 29.2 Å². The maximum Gasteiger partial charge on any atom is 0.265 e. The Kier molecular flexibility index (Phi) is 6.32. The van der Waals surface area contributed by atoms with Crippen molar-refractivity contribution in [2.45, 2.75) is 18.0 Å². The Hall–Kier alpha value is -3.61. The van der Waals surface area contributed by atoms with Crippen LogP contribution in [0.25, 0.3) is 11.1 Å². The van der Waals surface area contributed by atoms with E-state index in [0.717, 1.165) is 11.1 Å². The molecule has 0 atom stereocenters. The van der Waals surface area contributed by atoms with Gasteiger partial charge in [-0.05, 0) is 35.4 Å². The molecule has 0 radical (unpaired) electrons. The summed E-state index contributed by atoms with van der Waals surface area (Å²) < 4.78 is 28.5. The molecule has 0 spiro atoms. The minimum atomic E-state index is -3.94. The predicted molar refractivity (Wildman–Crippen MR) is 139 cm³/mol. The van der Waals surface area contributed by atoms with Crippen molar-refractivity contribution < 1.29 is 13.2 Å². The minimum Gasteiger partial charge on any atom is -0.332 e. The van der Waals surface area contributed by atoms with Gasteiger partial charge in [0.25, 0.3) is 10.0 Å². The van der Waals surface area contributed by atoms with Crippen LogP contribution in [0, 0.1) is 0 Å². The molecule has 4 aromatic rings. The number of rotatable bonds is 6. The molecule has 4 aromatic carbocycles. The van der Waals surface area contributed by atoms with Crippen LogP contribution >= 0.6 is 11.6 Å². The largest absolute Gasteiger partial charge is 0.332 e. The van der Waals surface area contributed by atoms with Crippen LogP contribution in [0.3, 0.4) is 0 Å². The third kappa shape index (κ3) is 4.67. The number of amides is 1. The van der Waals surface area contributed by atoms with Gasteiger partial charge in [0.2, 0.25) is 5.91 Å². The average Bonchev–Trinajstić information content (AvgIpc) is 2.87. The minimum absolute atomic E-state index is 0.167. The van der Waals surface area contributed by atoms with Crippen LogP contribution in [0.15, 0.2) is 108 Å². The molecule has 0 aliphatic carbocycles. The Bertz CT molecular complexity index is 1430. The predicted octanol–water partition coefficient (Wildman–Crippen LogP) is 5.74. The summed E-state index contributed by atoms with van der Waals surface area (Å²) in [6.07, 6.45) is 0. The number of hydrogen-bond acceptors (Lipinski definition) is 3. The Morgan fingerprint density at radius 2 is 1.31 bits per heavy atom. The standard InChI is InChI=1S/C28H23ClN2O3S/c29-23-15-16-26-25(17-23)24-13-7-8-14-27(24)35(33,34)31(26)20-28(32)30(18-21-9-3-1-4-10-21)19-22-11-5-2-6-12-22/h1-17H,18-20H2. The van der Waals surface area contributed by atoms with Gasteiger partial charge in [-0.3, -0.25) is 9.10 Å². The molecule has 0 saturated carbocycles. The van der Waals surface area contributed by atoms with Crippen molar-refractivity contribution in [3.63, 3.8) is 0 Å². The number of nitrogens with zero attached hydrogens (tertiary/aromatic N) is 2. The highest BCUT2D eigenvalue weighted by molar-refractivity contribution is 7.93. The summed E-state index contributed by atoms with van der Waals surface area (Å²) >= 11 is 6.26. The molecule has 0 bridgehead atoms. The van der Waals surface area contributed by atoms with Crippen molar-refractivity contribution in [2.24, 2.45) is 0 Å². The molecule has 5 nitrogen and oxygen atoms in total. The van der Waals surface area contributed by atoms with Crippen molar-refractivity contribution in [3.05, 3.63) is 119 Å². The lowest BCUT2D eigenvalue weighted by molar-refractivity contribution is -0.130. The zero-order valence-corrected chi connectivity index (χ0v) is 20.4. The first-order valence-corrected chi connectivity index (χ1v) is 13.0. The normalized spacial score (nSPS) is 13.6. The number of halogens is 1. The maximum absolute atomic E-state index is 13.7. The molecule has 5 rings (SSSR count). The zero-order chi connectivity index (χ0) is 24.4. The van der Waals surface area contributed by atoms with Gasteiger partial charge >= 0.3 is 0 Å². The molecule has 0 N–H and O–H groups in total. The Balaban J connectivity index is 1.52. The molecule has 1 heterocycles. The van der Waals surface area contributed by atoms with E-state index >= 15 is 0 Å². The van der Waals surface area contributed by atoms with E-state index in [1.165, 1.54) is 4.31 Å². The fraction of sp³-hybridized carbons (Fsp3) is 0.107. The number of fused-ring (bicyclic) bond motifs is 3. The number of hydrogen-bond donors (Lipinski definition) is 0. The van der Waals surface area contributed by atoms with Crippen LogP contribution in [0.1, 0.15) is 11.1 Å². The molecule has 1 aliphatic rings. The van der Waals surface area contributed by atoms with Crippen molar-refractivity contribution in [3.8, 4) is 11.1 Å². The number of carbonyl (C=O) groups excluding carboxylic acids is 1. The molecule has 7 heteroatoms.